The Hall–Kier alpha value is -3.01. The third-order valence-corrected chi connectivity index (χ3v) is 24.7. The number of carbonyl (C=O) groups is 4. The molecule has 0 spiro atoms. The third kappa shape index (κ3) is 15.6. The SMILES string of the molecule is CCC(C)(C)C(=O)OC1(C)COC(O)(C(F)(F)F)C1(F)F.CCC(C)(C)C(=O)OC12CC3CC(C(C)(C)O)(C1)CC(C(C)(C)O)(C3)C2.CCC(C)(C)C(=O)OC1C2CC3C1OS(=O)(=O)C3C2.CCC(C)(C)C(=O)OC1CCC(C(C)(C)OCC(C)(O)C(F)(F)F)CC1. The van der Waals surface area contributed by atoms with E-state index in [0.717, 1.165) is 45.4 Å². The summed E-state index contributed by atoms with van der Waals surface area (Å²) in [6.07, 6.45) is 0.0533. The highest BCUT2D eigenvalue weighted by atomic mass is 32.2. The van der Waals surface area contributed by atoms with Crippen molar-refractivity contribution in [1.29, 1.82) is 0 Å². The van der Waals surface area contributed by atoms with E-state index in [-0.39, 0.29) is 70.4 Å². The molecule has 9 fully saturated rings. The minimum absolute atomic E-state index is 0.0255. The number of halogens is 8. The lowest BCUT2D eigenvalue weighted by Crippen LogP contribution is -2.70. The molecule has 7 saturated carbocycles. The molecule has 6 bridgehead atoms. The van der Waals surface area contributed by atoms with Crippen LogP contribution in [0.15, 0.2) is 0 Å². The van der Waals surface area contributed by atoms with E-state index in [2.05, 4.69) is 9.47 Å². The van der Waals surface area contributed by atoms with E-state index in [0.29, 0.717) is 70.6 Å². The first kappa shape index (κ1) is 79.7. The summed E-state index contributed by atoms with van der Waals surface area (Å²) in [5, 5.41) is 40.5. The molecule has 0 aromatic carbocycles. The molecule has 0 aromatic rings. The zero-order valence-corrected chi connectivity index (χ0v) is 58.7. The van der Waals surface area contributed by atoms with Crippen LogP contribution in [0.1, 0.15) is 241 Å². The predicted octanol–water partition coefficient (Wildman–Crippen LogP) is 13.0. The van der Waals surface area contributed by atoms with Crippen molar-refractivity contribution >= 4 is 34.0 Å². The van der Waals surface area contributed by atoms with Crippen LogP contribution >= 0.6 is 0 Å². The van der Waals surface area contributed by atoms with E-state index in [1.54, 1.807) is 20.8 Å². The van der Waals surface area contributed by atoms with Crippen LogP contribution in [0.4, 0.5) is 35.1 Å². The second-order valence-corrected chi connectivity index (χ2v) is 34.5. The molecule has 0 amide bonds. The second-order valence-electron chi connectivity index (χ2n) is 32.7. The molecule has 17 nitrogen and oxygen atoms in total. The highest BCUT2D eigenvalue weighted by Gasteiger charge is 2.83. The fourth-order valence-corrected chi connectivity index (χ4v) is 16.1. The van der Waals surface area contributed by atoms with Gasteiger partial charge in [-0.3, -0.25) is 23.4 Å². The molecule has 2 aliphatic heterocycles. The minimum Gasteiger partial charge on any atom is -0.462 e. The highest BCUT2D eigenvalue weighted by Crippen LogP contribution is 2.73. The Morgan fingerprint density at radius 3 is 1.45 bits per heavy atom. The van der Waals surface area contributed by atoms with Crippen molar-refractivity contribution in [1.82, 2.24) is 0 Å². The van der Waals surface area contributed by atoms with E-state index >= 15 is 0 Å². The number of alkyl halides is 8. The van der Waals surface area contributed by atoms with Crippen LogP contribution in [0, 0.1) is 56.2 Å². The van der Waals surface area contributed by atoms with Gasteiger partial charge in [0.1, 0.15) is 23.9 Å². The third-order valence-electron chi connectivity index (χ3n) is 22.9. The van der Waals surface area contributed by atoms with Gasteiger partial charge in [0.25, 0.3) is 10.1 Å². The molecule has 536 valence electrons. The standard InChI is InChI=1S/C22H38O4.C19H33F3O4.C13H20O5S.C12H17F5O4/c1-8-17(2,3)16(23)26-22-11-15-9-20(13-22,18(4,5)24)12-21(10-15,14-22)19(6,7)25;1-7-16(2,3)15(23)26-14-10-8-13(9-11-14)17(4,5)25-12-18(6,24)19(20,21)22;1-4-13(2,3)12(14)17-10-7-5-8-9(6-7)19(15,16)18-11(8)10;1-5-8(2,3)7(18)21-9(4)6-20-11(19,10(9,13)14)12(15,16)17/h15,24-25H,8-14H2,1-7H3;13-14,24H,7-12H2,1-6H3;7-11H,4-6H2,1-3H3;19H,5-6H2,1-4H3. The molecule has 10 unspecified atom stereocenters. The van der Waals surface area contributed by atoms with Crippen LogP contribution in [0.2, 0.25) is 0 Å². The zero-order chi connectivity index (χ0) is 71.1. The largest absolute Gasteiger partial charge is 0.462 e. The lowest BCUT2D eigenvalue weighted by molar-refractivity contribution is -0.409. The van der Waals surface area contributed by atoms with Gasteiger partial charge < -0.3 is 48.8 Å². The van der Waals surface area contributed by atoms with Gasteiger partial charge in [-0.15, -0.1) is 0 Å². The van der Waals surface area contributed by atoms with Gasteiger partial charge in [-0.05, 0) is 225 Å². The maximum atomic E-state index is 14.0. The average molecular weight is 1360 g/mol. The number of fused-ring (bicyclic) bond motifs is 1. The topological polar surface area (TPSA) is 248 Å². The lowest BCUT2D eigenvalue weighted by atomic mass is 9.37. The van der Waals surface area contributed by atoms with Crippen LogP contribution in [0.5, 0.6) is 0 Å². The Morgan fingerprint density at radius 1 is 0.598 bits per heavy atom. The molecule has 0 aromatic heterocycles. The molecular formula is C66H108F8O17S. The minimum atomic E-state index is -5.74. The second kappa shape index (κ2) is 26.0. The molecule has 26 heteroatoms. The summed E-state index contributed by atoms with van der Waals surface area (Å²) in [7, 11) is -3.43. The van der Waals surface area contributed by atoms with E-state index in [4.69, 9.17) is 23.1 Å². The summed E-state index contributed by atoms with van der Waals surface area (Å²) in [6, 6.07) is 0. The maximum Gasteiger partial charge on any atom is 0.449 e. The normalized spacial score (nSPS) is 34.7. The van der Waals surface area contributed by atoms with Gasteiger partial charge in [-0.25, -0.2) is 0 Å². The summed E-state index contributed by atoms with van der Waals surface area (Å²) in [6.45, 7) is 31.9. The average Bonchev–Trinajstić information content (AvgIpc) is 1.01. The summed E-state index contributed by atoms with van der Waals surface area (Å²) in [5.41, 5.74) is -12.2. The van der Waals surface area contributed by atoms with Gasteiger partial charge in [-0.2, -0.15) is 43.5 Å². The number of carbonyl (C=O) groups excluding carboxylic acids is 4. The molecule has 4 N–H and O–H groups in total. The van der Waals surface area contributed by atoms with E-state index < -0.39 is 115 Å². The molecule has 9 aliphatic rings. The molecule has 92 heavy (non-hydrogen) atoms. The first-order valence-electron chi connectivity index (χ1n) is 32.6. The van der Waals surface area contributed by atoms with Gasteiger partial charge in [0.15, 0.2) is 5.60 Å². The number of ether oxygens (including phenoxy) is 6. The van der Waals surface area contributed by atoms with Crippen molar-refractivity contribution in [2.24, 2.45) is 56.2 Å². The summed E-state index contributed by atoms with van der Waals surface area (Å²) in [4.78, 5) is 49.1. The van der Waals surface area contributed by atoms with Gasteiger partial charge >= 0.3 is 47.9 Å². The Balaban J connectivity index is 0.000000224. The Morgan fingerprint density at radius 2 is 1.03 bits per heavy atom. The zero-order valence-electron chi connectivity index (χ0n) is 57.9. The number of hydrogen-bond acceptors (Lipinski definition) is 17. The summed E-state index contributed by atoms with van der Waals surface area (Å²) in [5.74, 6) is -10.6. The van der Waals surface area contributed by atoms with Crippen molar-refractivity contribution < 1.29 is 116 Å². The van der Waals surface area contributed by atoms with Gasteiger partial charge in [0, 0.05) is 22.7 Å². The first-order valence-corrected chi connectivity index (χ1v) is 34.1. The fourth-order valence-electron chi connectivity index (χ4n) is 14.3. The fraction of sp³-hybridized carbons (Fsp3) is 0.939. The molecule has 7 aliphatic carbocycles. The molecule has 0 radical (unpaired) electrons. The van der Waals surface area contributed by atoms with E-state index in [1.165, 1.54) is 13.8 Å². The van der Waals surface area contributed by atoms with E-state index in [1.807, 2.05) is 90.0 Å². The smallest absolute Gasteiger partial charge is 0.449 e. The predicted molar refractivity (Wildman–Crippen MR) is 322 cm³/mol. The Kier molecular flexibility index (Phi) is 22.5. The summed E-state index contributed by atoms with van der Waals surface area (Å²) < 4.78 is 164. The number of hydrogen-bond donors (Lipinski definition) is 4. The maximum absolute atomic E-state index is 14.0. The number of rotatable bonds is 18. The molecular weight excluding hydrogens is 1250 g/mol. The van der Waals surface area contributed by atoms with Crippen molar-refractivity contribution in [2.45, 2.75) is 322 Å². The van der Waals surface area contributed by atoms with Gasteiger partial charge in [-0.1, -0.05) is 27.7 Å². The van der Waals surface area contributed by atoms with Gasteiger partial charge in [0.05, 0.1) is 56.9 Å². The first-order chi connectivity index (χ1) is 41.1. The number of esters is 4. The molecule has 10 atom stereocenters. The monoisotopic (exact) mass is 1360 g/mol. The number of aliphatic hydroxyl groups is 4. The van der Waals surface area contributed by atoms with Crippen molar-refractivity contribution in [3.8, 4) is 0 Å². The van der Waals surface area contributed by atoms with Gasteiger partial charge in [0.2, 0.25) is 5.60 Å². The quantitative estimate of drug-likeness (QED) is 0.0431. The van der Waals surface area contributed by atoms with Crippen molar-refractivity contribution in [3.05, 3.63) is 0 Å². The van der Waals surface area contributed by atoms with Crippen LogP contribution < -0.4 is 0 Å². The Labute approximate surface area is 539 Å². The highest BCUT2D eigenvalue weighted by molar-refractivity contribution is 7.87. The molecule has 2 heterocycles. The molecule has 2 saturated heterocycles. The summed E-state index contributed by atoms with van der Waals surface area (Å²) >= 11 is 0. The lowest BCUT2D eigenvalue weighted by Gasteiger charge is -2.70. The van der Waals surface area contributed by atoms with Crippen LogP contribution in [0.3, 0.4) is 0 Å². The molecule has 9 rings (SSSR count). The van der Waals surface area contributed by atoms with E-state index in [9.17, 15) is 83.1 Å². The van der Waals surface area contributed by atoms with Crippen molar-refractivity contribution in [3.63, 3.8) is 0 Å². The van der Waals surface area contributed by atoms with Crippen molar-refractivity contribution in [2.75, 3.05) is 13.2 Å². The van der Waals surface area contributed by atoms with Crippen LogP contribution in [-0.2, 0) is 61.9 Å². The Bertz CT molecular complexity index is 2730. The van der Waals surface area contributed by atoms with Crippen LogP contribution in [-0.4, -0.2) is 147 Å². The van der Waals surface area contributed by atoms with Crippen LogP contribution in [0.25, 0.3) is 0 Å².